The summed E-state index contributed by atoms with van der Waals surface area (Å²) in [5.41, 5.74) is 0. The van der Waals surface area contributed by atoms with Crippen LogP contribution >= 0.6 is 0 Å². The lowest BCUT2D eigenvalue weighted by molar-refractivity contribution is -0.119. The maximum Gasteiger partial charge on any atom is 0.244 e. The van der Waals surface area contributed by atoms with Gasteiger partial charge in [-0.3, -0.25) is 4.79 Å². The molecule has 2 rings (SSSR count). The summed E-state index contributed by atoms with van der Waals surface area (Å²) in [5, 5.41) is 12.0. The zero-order valence-corrected chi connectivity index (χ0v) is 9.70. The fraction of sp³-hybridized carbons (Fsp3) is 0.300. The summed E-state index contributed by atoms with van der Waals surface area (Å²) in [7, 11) is -3.79. The zero-order chi connectivity index (χ0) is 12.5. The number of hydrogen-bond donors (Lipinski definition) is 3. The molecule has 3 N–H and O–H groups in total. The van der Waals surface area contributed by atoms with Gasteiger partial charge in [-0.25, -0.2) is 13.1 Å². The number of hydrogen-bond acceptors (Lipinski definition) is 4. The molecule has 1 aliphatic rings. The molecule has 1 aliphatic heterocycles. The summed E-state index contributed by atoms with van der Waals surface area (Å²) in [6.07, 6.45) is 0.118. The summed E-state index contributed by atoms with van der Waals surface area (Å²) in [4.78, 5) is 10.8. The van der Waals surface area contributed by atoms with Crippen molar-refractivity contribution in [3.63, 3.8) is 0 Å². The lowest BCUT2D eigenvalue weighted by Gasteiger charge is -2.11. The van der Waals surface area contributed by atoms with Gasteiger partial charge in [-0.1, -0.05) is 12.1 Å². The smallest absolute Gasteiger partial charge is 0.244 e. The third kappa shape index (κ3) is 2.56. The summed E-state index contributed by atoms with van der Waals surface area (Å²) < 4.78 is 26.2. The monoisotopic (exact) mass is 256 g/mol. The molecule has 1 aromatic rings. The topological polar surface area (TPSA) is 95.5 Å². The van der Waals surface area contributed by atoms with Crippen LogP contribution < -0.4 is 10.0 Å². The van der Waals surface area contributed by atoms with Crippen LogP contribution in [0.2, 0.25) is 0 Å². The highest BCUT2D eigenvalue weighted by molar-refractivity contribution is 7.89. The first-order chi connectivity index (χ1) is 7.99. The molecule has 17 heavy (non-hydrogen) atoms. The molecule has 7 heteroatoms. The Morgan fingerprint density at radius 2 is 2.06 bits per heavy atom. The highest BCUT2D eigenvalue weighted by Crippen LogP contribution is 2.21. The molecule has 0 spiro atoms. The zero-order valence-electron chi connectivity index (χ0n) is 8.88. The predicted molar refractivity (Wildman–Crippen MR) is 59.8 cm³/mol. The molecule has 0 aliphatic carbocycles. The Labute approximate surface area is 98.7 Å². The maximum absolute atomic E-state index is 11.9. The van der Waals surface area contributed by atoms with Gasteiger partial charge in [-0.05, 0) is 12.1 Å². The van der Waals surface area contributed by atoms with Gasteiger partial charge in [-0.2, -0.15) is 0 Å². The molecular weight excluding hydrogens is 244 g/mol. The Kier molecular flexibility index (Phi) is 3.03. The van der Waals surface area contributed by atoms with Crippen LogP contribution in [0, 0.1) is 0 Å². The molecule has 1 saturated heterocycles. The summed E-state index contributed by atoms with van der Waals surface area (Å²) >= 11 is 0. The Morgan fingerprint density at radius 1 is 1.35 bits per heavy atom. The number of benzene rings is 1. The van der Waals surface area contributed by atoms with Gasteiger partial charge in [0.05, 0.1) is 0 Å². The van der Waals surface area contributed by atoms with Crippen molar-refractivity contribution in [1.29, 1.82) is 0 Å². The standard InChI is InChI=1S/C10H12N2O4S/c13-8-3-1-2-4-9(8)17(15,16)12-7-5-10(14)11-6-7/h1-4,7,12-13H,5-6H2,(H,11,14). The van der Waals surface area contributed by atoms with Crippen LogP contribution in [0.4, 0.5) is 0 Å². The van der Waals surface area contributed by atoms with E-state index >= 15 is 0 Å². The second-order valence-corrected chi connectivity index (χ2v) is 5.48. The number of para-hydroxylation sites is 1. The molecule has 1 aromatic carbocycles. The third-order valence-electron chi connectivity index (χ3n) is 2.45. The van der Waals surface area contributed by atoms with Crippen LogP contribution in [0.3, 0.4) is 0 Å². The Hall–Kier alpha value is -1.60. The number of sulfonamides is 1. The minimum absolute atomic E-state index is 0.118. The van der Waals surface area contributed by atoms with Crippen LogP contribution in [0.5, 0.6) is 5.75 Å². The van der Waals surface area contributed by atoms with Crippen LogP contribution in [0.15, 0.2) is 29.2 Å². The number of phenols is 1. The van der Waals surface area contributed by atoms with E-state index in [1.54, 1.807) is 0 Å². The Bertz CT molecular complexity index is 541. The largest absolute Gasteiger partial charge is 0.507 e. The van der Waals surface area contributed by atoms with E-state index in [2.05, 4.69) is 10.0 Å². The van der Waals surface area contributed by atoms with E-state index in [1.807, 2.05) is 0 Å². The molecular formula is C10H12N2O4S. The minimum Gasteiger partial charge on any atom is -0.507 e. The molecule has 6 nitrogen and oxygen atoms in total. The summed E-state index contributed by atoms with van der Waals surface area (Å²) in [5.74, 6) is -0.493. The molecule has 1 fully saturated rings. The number of rotatable bonds is 3. The molecule has 1 unspecified atom stereocenters. The average Bonchev–Trinajstić information content (AvgIpc) is 2.63. The van der Waals surface area contributed by atoms with Crippen molar-refractivity contribution in [1.82, 2.24) is 10.0 Å². The molecule has 0 bridgehead atoms. The van der Waals surface area contributed by atoms with Gasteiger partial charge in [0.2, 0.25) is 15.9 Å². The third-order valence-corrected chi connectivity index (χ3v) is 4.02. The van der Waals surface area contributed by atoms with Crippen molar-refractivity contribution in [3.05, 3.63) is 24.3 Å². The first-order valence-electron chi connectivity index (χ1n) is 5.06. The average molecular weight is 256 g/mol. The first kappa shape index (κ1) is 11.9. The number of carbonyl (C=O) groups is 1. The van der Waals surface area contributed by atoms with Crippen molar-refractivity contribution in [2.24, 2.45) is 0 Å². The van der Waals surface area contributed by atoms with Crippen molar-refractivity contribution >= 4 is 15.9 Å². The van der Waals surface area contributed by atoms with E-state index in [0.29, 0.717) is 0 Å². The van der Waals surface area contributed by atoms with Gasteiger partial charge >= 0.3 is 0 Å². The highest BCUT2D eigenvalue weighted by Gasteiger charge is 2.27. The van der Waals surface area contributed by atoms with Gasteiger partial charge < -0.3 is 10.4 Å². The predicted octanol–water partition coefficient (Wildman–Crippen LogP) is -0.441. The first-order valence-corrected chi connectivity index (χ1v) is 6.54. The quantitative estimate of drug-likeness (QED) is 0.683. The molecule has 0 saturated carbocycles. The number of nitrogens with one attached hydrogen (secondary N) is 2. The second kappa shape index (κ2) is 4.34. The molecule has 1 amide bonds. The van der Waals surface area contributed by atoms with E-state index in [1.165, 1.54) is 24.3 Å². The van der Waals surface area contributed by atoms with Crippen molar-refractivity contribution in [2.75, 3.05) is 6.54 Å². The number of carbonyl (C=O) groups excluding carboxylic acids is 1. The minimum atomic E-state index is -3.79. The molecule has 1 atom stereocenters. The number of aromatic hydroxyl groups is 1. The SMILES string of the molecule is O=C1CC(NS(=O)(=O)c2ccccc2O)CN1. The van der Waals surface area contributed by atoms with Crippen LogP contribution in [0.1, 0.15) is 6.42 Å². The fourth-order valence-electron chi connectivity index (χ4n) is 1.66. The Morgan fingerprint density at radius 3 is 2.65 bits per heavy atom. The second-order valence-electron chi connectivity index (χ2n) is 3.79. The van der Waals surface area contributed by atoms with Gasteiger partial charge in [0.15, 0.2) is 0 Å². The molecule has 92 valence electrons. The number of amides is 1. The van der Waals surface area contributed by atoms with E-state index in [9.17, 15) is 18.3 Å². The van der Waals surface area contributed by atoms with Crippen molar-refractivity contribution in [2.45, 2.75) is 17.4 Å². The van der Waals surface area contributed by atoms with Gasteiger partial charge in [0, 0.05) is 19.0 Å². The molecule has 0 radical (unpaired) electrons. The van der Waals surface area contributed by atoms with Crippen molar-refractivity contribution < 1.29 is 18.3 Å². The van der Waals surface area contributed by atoms with Crippen molar-refractivity contribution in [3.8, 4) is 5.75 Å². The van der Waals surface area contributed by atoms with E-state index < -0.39 is 16.1 Å². The van der Waals surface area contributed by atoms with E-state index in [0.717, 1.165) is 0 Å². The maximum atomic E-state index is 11.9. The summed E-state index contributed by atoms with van der Waals surface area (Å²) in [6, 6.07) is 5.20. The van der Waals surface area contributed by atoms with Crippen LogP contribution in [0.25, 0.3) is 0 Å². The van der Waals surface area contributed by atoms with Gasteiger partial charge in [-0.15, -0.1) is 0 Å². The molecule has 0 aromatic heterocycles. The van der Waals surface area contributed by atoms with Gasteiger partial charge in [0.25, 0.3) is 0 Å². The van der Waals surface area contributed by atoms with Gasteiger partial charge in [0.1, 0.15) is 10.6 Å². The van der Waals surface area contributed by atoms with Crippen LogP contribution in [-0.4, -0.2) is 32.0 Å². The lowest BCUT2D eigenvalue weighted by atomic mass is 10.3. The van der Waals surface area contributed by atoms with E-state index in [4.69, 9.17) is 0 Å². The summed E-state index contributed by atoms with van der Waals surface area (Å²) in [6.45, 7) is 0.270. The Balaban J connectivity index is 2.20. The normalized spacial score (nSPS) is 20.2. The van der Waals surface area contributed by atoms with E-state index in [-0.39, 0.29) is 29.5 Å². The highest BCUT2D eigenvalue weighted by atomic mass is 32.2. The molecule has 1 heterocycles. The lowest BCUT2D eigenvalue weighted by Crippen LogP contribution is -2.36. The van der Waals surface area contributed by atoms with Crippen LogP contribution in [-0.2, 0) is 14.8 Å². The number of phenolic OH excluding ortho intramolecular Hbond substituents is 1. The fourth-order valence-corrected chi connectivity index (χ4v) is 2.99.